The molecule has 0 bridgehead atoms. The minimum atomic E-state index is -0.454. The summed E-state index contributed by atoms with van der Waals surface area (Å²) in [5, 5.41) is 2.53. The van der Waals surface area contributed by atoms with E-state index in [0.717, 1.165) is 5.76 Å². The summed E-state index contributed by atoms with van der Waals surface area (Å²) in [5.41, 5.74) is 17.2. The number of allylic oxidation sites excluding steroid dienone is 1. The molecular formula is C47H49Cl2OSiZr. The van der Waals surface area contributed by atoms with E-state index in [1.54, 1.807) is 6.26 Å². The van der Waals surface area contributed by atoms with Gasteiger partial charge in [-0.1, -0.05) is 150 Å². The zero-order valence-corrected chi connectivity index (χ0v) is 36.7. The molecule has 0 saturated carbocycles. The maximum Gasteiger partial charge on any atom is 3.00 e. The first kappa shape index (κ1) is 41.8. The molecule has 0 amide bonds. The van der Waals surface area contributed by atoms with Crippen molar-refractivity contribution in [2.45, 2.75) is 84.2 Å². The maximum atomic E-state index is 6.24. The molecule has 1 aliphatic carbocycles. The molecule has 52 heavy (non-hydrogen) atoms. The molecule has 0 aliphatic heterocycles. The predicted molar refractivity (Wildman–Crippen MR) is 215 cm³/mol. The van der Waals surface area contributed by atoms with Gasteiger partial charge >= 0.3 is 26.2 Å². The third kappa shape index (κ3) is 7.81. The molecule has 7 rings (SSSR count). The molecule has 1 heterocycles. The van der Waals surface area contributed by atoms with Gasteiger partial charge in [-0.05, 0) is 81.6 Å². The van der Waals surface area contributed by atoms with Gasteiger partial charge in [0.1, 0.15) is 0 Å². The molecule has 5 heteroatoms. The van der Waals surface area contributed by atoms with E-state index in [-0.39, 0.29) is 67.8 Å². The maximum absolute atomic E-state index is 6.24. The van der Waals surface area contributed by atoms with E-state index >= 15 is 0 Å². The first-order chi connectivity index (χ1) is 23.5. The summed E-state index contributed by atoms with van der Waals surface area (Å²) in [6.45, 7) is 18.6. The van der Waals surface area contributed by atoms with Gasteiger partial charge in [-0.3, -0.25) is 0 Å². The third-order valence-electron chi connectivity index (χ3n) is 10.8. The van der Waals surface area contributed by atoms with Crippen molar-refractivity contribution in [3.63, 3.8) is 0 Å². The average molecular weight is 820 g/mol. The van der Waals surface area contributed by atoms with E-state index in [1.165, 1.54) is 84.1 Å². The molecule has 5 aromatic carbocycles. The number of fused-ring (bicyclic) bond motifs is 2. The number of benzene rings is 4. The van der Waals surface area contributed by atoms with Gasteiger partial charge in [-0.2, -0.15) is 0 Å². The fourth-order valence-electron chi connectivity index (χ4n) is 7.98. The van der Waals surface area contributed by atoms with E-state index in [2.05, 4.69) is 164 Å². The number of aryl methyl sites for hydroxylation is 1. The fourth-order valence-corrected chi connectivity index (χ4v) is 10.1. The Balaban J connectivity index is 0.00000202. The molecule has 6 aromatic rings. The monoisotopic (exact) mass is 817 g/mol. The van der Waals surface area contributed by atoms with E-state index in [4.69, 9.17) is 4.42 Å². The Morgan fingerprint density at radius 3 is 2.08 bits per heavy atom. The van der Waals surface area contributed by atoms with Gasteiger partial charge < -0.3 is 29.2 Å². The van der Waals surface area contributed by atoms with Crippen molar-refractivity contribution in [3.05, 3.63) is 148 Å². The quantitative estimate of drug-likeness (QED) is 0.120. The molecule has 0 spiro atoms. The molecule has 0 fully saturated rings. The zero-order chi connectivity index (χ0) is 34.5. The van der Waals surface area contributed by atoms with Gasteiger partial charge in [0.05, 0.1) is 12.0 Å². The van der Waals surface area contributed by atoms with Crippen LogP contribution >= 0.6 is 0 Å². The van der Waals surface area contributed by atoms with Crippen molar-refractivity contribution in [1.82, 2.24) is 0 Å². The number of furan rings is 1. The van der Waals surface area contributed by atoms with Crippen LogP contribution in [0.1, 0.15) is 93.3 Å². The Hall–Kier alpha value is -2.94. The van der Waals surface area contributed by atoms with E-state index in [0.29, 0.717) is 0 Å². The van der Waals surface area contributed by atoms with Crippen LogP contribution in [0.3, 0.4) is 0 Å². The predicted octanol–water partition coefficient (Wildman–Crippen LogP) is 6.98. The van der Waals surface area contributed by atoms with Gasteiger partial charge in [0.25, 0.3) is 0 Å². The molecule has 1 unspecified atom stereocenters. The molecule has 1 aliphatic rings. The second-order valence-electron chi connectivity index (χ2n) is 15.5. The molecule has 0 N–H and O–H groups in total. The summed E-state index contributed by atoms with van der Waals surface area (Å²) in [6, 6.07) is 41.3. The summed E-state index contributed by atoms with van der Waals surface area (Å²) in [7, 11) is -0.454. The topological polar surface area (TPSA) is 13.1 Å². The number of hydrogen-bond donors (Lipinski definition) is 0. The van der Waals surface area contributed by atoms with E-state index in [1.807, 2.05) is 6.07 Å². The molecule has 1 atom stereocenters. The Kier molecular flexibility index (Phi) is 13.4. The fraction of sp³-hybridized carbons (Fsp3) is 0.277. The molecule has 1 aromatic heterocycles. The van der Waals surface area contributed by atoms with Gasteiger partial charge in [-0.25, -0.2) is 0 Å². The van der Waals surface area contributed by atoms with Gasteiger partial charge in [0.2, 0.25) is 0 Å². The summed E-state index contributed by atoms with van der Waals surface area (Å²) in [4.78, 5) is 0. The van der Waals surface area contributed by atoms with Crippen LogP contribution in [0.5, 0.6) is 0 Å². The first-order valence-corrected chi connectivity index (χ1v) is 20.0. The number of rotatable bonds is 8. The van der Waals surface area contributed by atoms with E-state index in [9.17, 15) is 0 Å². The van der Waals surface area contributed by atoms with Crippen LogP contribution in [0.2, 0.25) is 12.1 Å². The smallest absolute Gasteiger partial charge is 1.00 e. The minimum absolute atomic E-state index is 0. The van der Waals surface area contributed by atoms with Crippen LogP contribution in [0.25, 0.3) is 44.9 Å². The molecular weight excluding hydrogens is 771 g/mol. The largest absolute Gasteiger partial charge is 3.00 e. The Bertz CT molecular complexity index is 2210. The van der Waals surface area contributed by atoms with Gasteiger partial charge in [-0.15, -0.1) is 28.5 Å². The zero-order valence-electron chi connectivity index (χ0n) is 31.7. The van der Waals surface area contributed by atoms with Crippen molar-refractivity contribution >= 4 is 36.5 Å². The SMILES string of the molecule is CC[Si](=CC(C)(C)c1ccc(-c2[cH-]c3cccc(C4C(c5ccc(C(C)(C)C)cc5C)=Cc5ccccc54)c3c2-c2ccco2)cc1)CC.[Cl-].[Cl-].[Zr+3]. The van der Waals surface area contributed by atoms with Crippen LogP contribution in [0.15, 0.2) is 114 Å². The van der Waals surface area contributed by atoms with Crippen molar-refractivity contribution in [2.24, 2.45) is 0 Å². The first-order valence-electron chi connectivity index (χ1n) is 18.0. The van der Waals surface area contributed by atoms with E-state index < -0.39 is 8.41 Å². The third-order valence-corrected chi connectivity index (χ3v) is 13.7. The molecule has 1 radical (unpaired) electrons. The Labute approximate surface area is 344 Å². The van der Waals surface area contributed by atoms with Crippen molar-refractivity contribution in [1.29, 1.82) is 0 Å². The molecule has 1 nitrogen and oxygen atoms in total. The normalized spacial score (nSPS) is 13.8. The second-order valence-corrected chi connectivity index (χ2v) is 18.5. The summed E-state index contributed by atoms with van der Waals surface area (Å²) in [5.74, 6) is 1.02. The molecule has 265 valence electrons. The summed E-state index contributed by atoms with van der Waals surface area (Å²) < 4.78 is 6.24. The van der Waals surface area contributed by atoms with Crippen LogP contribution in [-0.4, -0.2) is 14.1 Å². The van der Waals surface area contributed by atoms with Crippen molar-refractivity contribution in [2.75, 3.05) is 0 Å². The van der Waals surface area contributed by atoms with Gasteiger partial charge in [0.15, 0.2) is 0 Å². The van der Waals surface area contributed by atoms with Crippen molar-refractivity contribution in [3.8, 4) is 22.5 Å². The Morgan fingerprint density at radius 2 is 1.44 bits per heavy atom. The average Bonchev–Trinajstić information content (AvgIpc) is 3.84. The summed E-state index contributed by atoms with van der Waals surface area (Å²) in [6.07, 6.45) is 4.23. The Morgan fingerprint density at radius 1 is 0.769 bits per heavy atom. The van der Waals surface area contributed by atoms with Crippen LogP contribution in [-0.2, 0) is 37.0 Å². The van der Waals surface area contributed by atoms with Gasteiger partial charge in [0, 0.05) is 19.7 Å². The number of hydrogen-bond acceptors (Lipinski definition) is 1. The minimum Gasteiger partial charge on any atom is -1.00 e. The summed E-state index contributed by atoms with van der Waals surface area (Å²) >= 11 is 0. The van der Waals surface area contributed by atoms with Crippen LogP contribution in [0.4, 0.5) is 0 Å². The van der Waals surface area contributed by atoms with Crippen LogP contribution < -0.4 is 24.8 Å². The van der Waals surface area contributed by atoms with Crippen LogP contribution in [0, 0.1) is 6.92 Å². The number of halogens is 2. The van der Waals surface area contributed by atoms with Crippen molar-refractivity contribution < 1.29 is 55.4 Å². The standard InChI is InChI=1S/C47H49OSi.2ClH.Zr/c1-9-49(10-2)30-47(7,8)35-22-20-32(21-23-35)40-29-34-16-13-18-39(43(34)45(40)42-19-14-26-48-42)44-38-17-12-11-15-33(38)28-41(44)37-25-24-36(27-31(37)3)46(4,5)6;;;/h11-30,44H,9-10H2,1-8H3;2*1H;/q-1;;;+3/p-2. The molecule has 0 saturated heterocycles. The second kappa shape index (κ2) is 16.6.